The van der Waals surface area contributed by atoms with Gasteiger partial charge in [-0.15, -0.1) is 0 Å². The van der Waals surface area contributed by atoms with Gasteiger partial charge in [0.25, 0.3) is 11.5 Å². The minimum Gasteiger partial charge on any atom is -0.481 e. The Morgan fingerprint density at radius 1 is 0.510 bits per heavy atom. The largest absolute Gasteiger partial charge is 0.508 e. The van der Waals surface area contributed by atoms with Crippen molar-refractivity contribution in [3.63, 3.8) is 0 Å². The second-order valence-corrected chi connectivity index (χ2v) is 38.6. The predicted octanol–water partition coefficient (Wildman–Crippen LogP) is -4.97. The third-order valence-electron chi connectivity index (χ3n) is 23.5. The van der Waals surface area contributed by atoms with Crippen molar-refractivity contribution in [1.29, 1.82) is 0 Å². The van der Waals surface area contributed by atoms with Gasteiger partial charge < -0.3 is 165 Å². The second kappa shape index (κ2) is 62.8. The second-order valence-electron chi connectivity index (χ2n) is 35.6. The molecule has 0 bridgehead atoms. The summed E-state index contributed by atoms with van der Waals surface area (Å²) < 4.78 is 12.7. The van der Waals surface area contributed by atoms with E-state index in [1.165, 1.54) is 30.5 Å². The Bertz CT molecular complexity index is 5550. The lowest BCUT2D eigenvalue weighted by atomic mass is 9.89. The van der Waals surface area contributed by atoms with E-state index in [0.717, 1.165) is 21.6 Å². The molecule has 2 aromatic carbocycles. The van der Waals surface area contributed by atoms with Crippen LogP contribution < -0.4 is 59.1 Å². The molecule has 0 saturated carbocycles. The van der Waals surface area contributed by atoms with Gasteiger partial charge in [-0.1, -0.05) is 53.1 Å². The number of carboxylic acids is 4. The number of aliphatic hydroxyl groups is 15. The highest BCUT2D eigenvalue weighted by molar-refractivity contribution is 8.76. The number of nitrogens with one attached hydrogen (secondary N) is 10. The summed E-state index contributed by atoms with van der Waals surface area (Å²) in [5, 5.41) is 214. The highest BCUT2D eigenvalue weighted by Gasteiger charge is 2.40. The van der Waals surface area contributed by atoms with Crippen molar-refractivity contribution in [2.24, 2.45) is 29.6 Å². The predicted molar refractivity (Wildman–Crippen MR) is 526 cm³/mol. The highest BCUT2D eigenvalue weighted by atomic mass is 35.5. The Kier molecular flexibility index (Phi) is 52.7. The maximum absolute atomic E-state index is 15.1. The molecule has 0 saturated heterocycles. The molecule has 4 heterocycles. The molecule has 31 N–H and O–H groups in total. The van der Waals surface area contributed by atoms with Crippen LogP contribution in [0, 0.1) is 29.6 Å². The number of carboxylic acid groups (broad SMARTS) is 4. The summed E-state index contributed by atoms with van der Waals surface area (Å²) in [5.41, 5.74) is 7.06. The maximum atomic E-state index is 15.1. The number of aliphatic carboxylic acids is 4. The maximum Gasteiger partial charge on any atom is 0.508 e. The Labute approximate surface area is 862 Å². The van der Waals surface area contributed by atoms with E-state index >= 15 is 9.59 Å². The third-order valence-corrected chi connectivity index (χ3v) is 26.1. The zero-order valence-electron chi connectivity index (χ0n) is 81.3. The van der Waals surface area contributed by atoms with Crippen LogP contribution in [0.25, 0.3) is 22.3 Å². The normalized spacial score (nSPS) is 15.6. The van der Waals surface area contributed by atoms with Crippen molar-refractivity contribution in [1.82, 2.24) is 76.7 Å². The van der Waals surface area contributed by atoms with Crippen LogP contribution >= 0.6 is 33.2 Å². The van der Waals surface area contributed by atoms with Gasteiger partial charge in [-0.25, -0.2) is 39.3 Å². The lowest BCUT2D eigenvalue weighted by Crippen LogP contribution is -2.50. The molecule has 6 aromatic rings. The first kappa shape index (κ1) is 125. The summed E-state index contributed by atoms with van der Waals surface area (Å²) in [7, 11) is 1.80. The Balaban J connectivity index is 1.24. The molecule has 0 aliphatic rings. The standard InChI is InChI=1S/C91H129ClN18O37S2/c1-42(2)48(29-66-106-81(101-51-7-5-6-49(92)30-51)72-82(107-66)110(41-99-72)43(3)4)39-147-91(145)146-24-25-148-149-40-57(89(143)144)105-86(139)47(12-21-69(125)97-35-62(119)76(132)79(135)65(122)38-113)28-59(116)55(18-23-71(128)129)103-85(138)46(11-20-68(124)96-34-61(118)75(131)78(134)64(121)37-112)27-58(115)54(17-22-70(126)127)102-84(137)45(10-19-67(123)95-33-60(117)74(130)77(133)63(120)36-111)26-53(114)15-16-56(88(141)142)104-83(136)44-8-13-50(14-9-44)94-31-52-32-98-80-73(100-52)87(140)109-90(93)108-80/h5-9,13-14,30,32,41-43,45-48,54-57,60-65,74-79,94,111-113,117-122,130-135H,10-12,15-29,31,33-40H2,1-4H3,(H,95,123)(H,96,124)(H,97,125)(H,102,137)(H,103,138)(H,104,136)(H,105,139)(H,126,127)(H,128,129)(H,141,142)(H,143,144)(H,101,106,107)(H3,93,98,108,109,140)/t45-,46-,47-,48+,54+,55+,56+,57+,60+,61+,62+,63-,64-,65-,74-,75-,76-,77-,78-,79-/m1/s1. The summed E-state index contributed by atoms with van der Waals surface area (Å²) in [6.45, 7) is 1.26. The van der Waals surface area contributed by atoms with Crippen LogP contribution in [0.4, 0.5) is 27.9 Å². The van der Waals surface area contributed by atoms with Gasteiger partial charge in [0, 0.05) is 147 Å². The van der Waals surface area contributed by atoms with Crippen molar-refractivity contribution < 1.29 is 178 Å². The van der Waals surface area contributed by atoms with Gasteiger partial charge in [-0.2, -0.15) is 4.98 Å². The number of aromatic nitrogens is 8. The number of Topliss-reactive ketones (excluding diaryl/α,β-unsaturated/α-hetero) is 3. The number of fused-ring (bicyclic) bond motifs is 2. The van der Waals surface area contributed by atoms with Gasteiger partial charge in [0.2, 0.25) is 41.4 Å². The number of imidazole rings is 1. The van der Waals surface area contributed by atoms with Crippen LogP contribution in [0.5, 0.6) is 0 Å². The Morgan fingerprint density at radius 2 is 0.987 bits per heavy atom. The molecule has 0 radical (unpaired) electrons. The number of aliphatic hydroxyl groups excluding tert-OH is 15. The molecular weight excluding hydrogens is 2040 g/mol. The summed E-state index contributed by atoms with van der Waals surface area (Å²) in [4.78, 5) is 247. The summed E-state index contributed by atoms with van der Waals surface area (Å²) in [5.74, 6) is -24.5. The number of aromatic amines is 1. The number of nitrogen functional groups attached to an aromatic ring is 1. The number of anilines is 4. The number of benzene rings is 2. The van der Waals surface area contributed by atoms with E-state index in [1.54, 1.807) is 30.6 Å². The molecular formula is C91H129ClN18O37S2. The van der Waals surface area contributed by atoms with Crippen molar-refractivity contribution in [2.75, 3.05) is 80.5 Å². The van der Waals surface area contributed by atoms with Crippen LogP contribution in [-0.2, 0) is 84.8 Å². The van der Waals surface area contributed by atoms with Gasteiger partial charge in [0.1, 0.15) is 85.2 Å². The van der Waals surface area contributed by atoms with Crippen LogP contribution in [0.2, 0.25) is 5.02 Å². The van der Waals surface area contributed by atoms with E-state index in [-0.39, 0.29) is 78.2 Å². The van der Waals surface area contributed by atoms with Gasteiger partial charge in [-0.3, -0.25) is 67.3 Å². The smallest absolute Gasteiger partial charge is 0.481 e. The minimum atomic E-state index is -2.25. The number of halogens is 1. The first-order valence-electron chi connectivity index (χ1n) is 47.1. The Hall–Kier alpha value is -12.6. The molecule has 0 unspecified atom stereocenters. The zero-order valence-corrected chi connectivity index (χ0v) is 83.7. The number of nitrogens with two attached hydrogens (primary N) is 1. The molecule has 7 amide bonds. The minimum absolute atomic E-state index is 0.000850. The number of nitrogens with zero attached hydrogens (tertiary/aromatic N) is 7. The lowest BCUT2D eigenvalue weighted by molar-refractivity contribution is -0.142. The number of rotatable bonds is 71. The van der Waals surface area contributed by atoms with Crippen LogP contribution in [-0.4, -0.2) is 387 Å². The van der Waals surface area contributed by atoms with E-state index in [0.29, 0.717) is 39.2 Å². The van der Waals surface area contributed by atoms with E-state index in [4.69, 9.17) is 36.8 Å². The SMILES string of the molecule is CC(C)[C@H](COC(=O)OCCSSC[C@H](NC(=O)[C@H](CCC(=O)NC[C@H](O)[C@@H](O)[C@H](O)[C@H](O)CO)CC(=O)[C@H](CCC(=O)O)NC(=O)[C@H](CCC(=O)NC[C@H](O)[C@@H](O)[C@H](O)[C@H](O)CO)CC(=O)[C@H](CCC(=O)O)NC(=O)[C@H](CCC(=O)NC[C@H](O)[C@@H](O)[C@H](O)[C@H](O)CO)CC(=O)CC[C@H](NC(=O)c1ccc(NCc2cnc3nc(N)[nH]c(=O)c3n2)cc1)C(=O)O)C(=O)O)Cc1nc(Nc2cccc(Cl)c2)c2ncn(C(C)C)c2n1. The fraction of sp³-hybridized carbons (Fsp3) is 0.582. The first-order valence-corrected chi connectivity index (χ1v) is 49.9. The number of carbonyl (C=O) groups is 15. The van der Waals surface area contributed by atoms with Crippen molar-refractivity contribution in [3.05, 3.63) is 93.5 Å². The van der Waals surface area contributed by atoms with Gasteiger partial charge in [-0.05, 0) is 101 Å². The third kappa shape index (κ3) is 42.1. The monoisotopic (exact) mass is 2160 g/mol. The van der Waals surface area contributed by atoms with Gasteiger partial charge >= 0.3 is 30.0 Å². The highest BCUT2D eigenvalue weighted by Crippen LogP contribution is 2.31. The summed E-state index contributed by atoms with van der Waals surface area (Å²) >= 11 is 6.28. The molecule has 0 aliphatic carbocycles. The van der Waals surface area contributed by atoms with Crippen LogP contribution in [0.3, 0.4) is 0 Å². The number of hydrogen-bond acceptors (Lipinski definition) is 44. The summed E-state index contributed by atoms with van der Waals surface area (Å²) in [6.07, 6.45) is -36.7. The molecule has 4 aromatic heterocycles. The van der Waals surface area contributed by atoms with E-state index in [2.05, 4.69) is 72.8 Å². The number of ether oxygens (including phenoxy) is 2. The molecule has 0 spiro atoms. The molecule has 55 nitrogen and oxygen atoms in total. The topological polar surface area (TPSA) is 908 Å². The van der Waals surface area contributed by atoms with Crippen molar-refractivity contribution >= 4 is 167 Å². The van der Waals surface area contributed by atoms with E-state index in [9.17, 15) is 164 Å². The first-order chi connectivity index (χ1) is 70.4. The zero-order chi connectivity index (χ0) is 111. The molecule has 0 fully saturated rings. The van der Waals surface area contributed by atoms with Crippen LogP contribution in [0.15, 0.2) is 65.8 Å². The molecule has 824 valence electrons. The molecule has 58 heteroatoms. The van der Waals surface area contributed by atoms with Gasteiger partial charge in [0.15, 0.2) is 39.7 Å². The lowest BCUT2D eigenvalue weighted by Gasteiger charge is -2.26. The number of amides is 7. The average Bonchev–Trinajstić information content (AvgIpc) is 1.66. The average molecular weight is 2170 g/mol. The van der Waals surface area contributed by atoms with Crippen molar-refractivity contribution in [2.45, 2.75) is 240 Å². The molecule has 6 rings (SSSR count). The quantitative estimate of drug-likeness (QED) is 0.00966. The van der Waals surface area contributed by atoms with E-state index in [1.807, 2.05) is 32.3 Å². The van der Waals surface area contributed by atoms with Crippen molar-refractivity contribution in [3.8, 4) is 0 Å². The van der Waals surface area contributed by atoms with Gasteiger partial charge in [0.05, 0.1) is 81.6 Å². The van der Waals surface area contributed by atoms with E-state index < -0.39 is 351 Å². The fourth-order valence-electron chi connectivity index (χ4n) is 14.5. The Morgan fingerprint density at radius 3 is 1.45 bits per heavy atom. The number of hydrogen-bond donors (Lipinski definition) is 30. The fourth-order valence-corrected chi connectivity index (χ4v) is 16.7. The number of carbonyl (C=O) groups excluding carboxylic acids is 11. The molecule has 0 aliphatic heterocycles. The van der Waals surface area contributed by atoms with Crippen LogP contribution in [0.1, 0.15) is 152 Å². The molecule has 20 atom stereocenters. The number of ketones is 3. The molecule has 149 heavy (non-hydrogen) atoms. The summed E-state index contributed by atoms with van der Waals surface area (Å²) in [6, 6.07) is 4.48. The number of H-pyrrole nitrogens is 1.